The Morgan fingerprint density at radius 2 is 1.88 bits per heavy atom. The molecule has 0 fully saturated rings. The van der Waals surface area contributed by atoms with Crippen molar-refractivity contribution in [3.05, 3.63) is 56.5 Å². The van der Waals surface area contributed by atoms with Gasteiger partial charge in [0.1, 0.15) is 10.8 Å². The fraction of sp³-hybridized carbons (Fsp3) is 0.176. The molecule has 1 N–H and O–H groups in total. The van der Waals surface area contributed by atoms with Gasteiger partial charge in [-0.05, 0) is 44.2 Å². The Kier molecular flexibility index (Phi) is 4.52. The number of benzene rings is 1. The van der Waals surface area contributed by atoms with Gasteiger partial charge in [0.2, 0.25) is 0 Å². The maximum atomic E-state index is 6.11. The van der Waals surface area contributed by atoms with E-state index in [0.29, 0.717) is 27.3 Å². The Labute approximate surface area is 163 Å². The molecule has 0 amide bonds. The number of thiazole rings is 1. The van der Waals surface area contributed by atoms with Crippen LogP contribution in [0.2, 0.25) is 10.0 Å². The molecule has 1 aromatic carbocycles. The molecule has 0 saturated heterocycles. The van der Waals surface area contributed by atoms with Crippen molar-refractivity contribution in [3.8, 4) is 11.4 Å². The quantitative estimate of drug-likeness (QED) is 0.516. The molecule has 3 aromatic heterocycles. The second-order valence-electron chi connectivity index (χ2n) is 5.85. The van der Waals surface area contributed by atoms with Crippen LogP contribution in [0.4, 0.5) is 5.82 Å². The van der Waals surface area contributed by atoms with Crippen LogP contribution in [-0.2, 0) is 0 Å². The first-order chi connectivity index (χ1) is 12.5. The monoisotopic (exact) mass is 404 g/mol. The highest BCUT2D eigenvalue weighted by molar-refractivity contribution is 7.11. The van der Waals surface area contributed by atoms with Crippen molar-refractivity contribution < 1.29 is 0 Å². The van der Waals surface area contributed by atoms with E-state index in [9.17, 15) is 0 Å². The van der Waals surface area contributed by atoms with E-state index in [0.717, 1.165) is 10.6 Å². The first-order valence-electron chi connectivity index (χ1n) is 7.87. The Morgan fingerprint density at radius 3 is 2.58 bits per heavy atom. The van der Waals surface area contributed by atoms with E-state index in [1.807, 2.05) is 32.2 Å². The van der Waals surface area contributed by atoms with Crippen LogP contribution in [0.15, 0.2) is 36.5 Å². The molecule has 1 unspecified atom stereocenters. The van der Waals surface area contributed by atoms with Crippen molar-refractivity contribution in [3.63, 3.8) is 0 Å². The molecule has 0 aliphatic carbocycles. The number of anilines is 1. The third-order valence-corrected chi connectivity index (χ3v) is 5.29. The van der Waals surface area contributed by atoms with Crippen molar-refractivity contribution >= 4 is 46.0 Å². The molecule has 0 radical (unpaired) electrons. The summed E-state index contributed by atoms with van der Waals surface area (Å²) < 4.78 is 1.67. The van der Waals surface area contributed by atoms with Crippen molar-refractivity contribution in [2.75, 3.05) is 5.32 Å². The molecule has 0 saturated carbocycles. The predicted molar refractivity (Wildman–Crippen MR) is 105 cm³/mol. The highest BCUT2D eigenvalue weighted by atomic mass is 35.5. The number of nitrogens with zero attached hydrogens (tertiary/aromatic N) is 5. The number of aryl methyl sites for hydroxylation is 1. The van der Waals surface area contributed by atoms with Crippen LogP contribution in [0.5, 0.6) is 0 Å². The first-order valence-corrected chi connectivity index (χ1v) is 9.44. The summed E-state index contributed by atoms with van der Waals surface area (Å²) in [6.45, 7) is 4.09. The van der Waals surface area contributed by atoms with Gasteiger partial charge in [0, 0.05) is 26.7 Å². The minimum atomic E-state index is 0.0409. The van der Waals surface area contributed by atoms with Gasteiger partial charge in [0.25, 0.3) is 0 Å². The molecule has 0 spiro atoms. The topological polar surface area (TPSA) is 68.0 Å². The molecule has 132 valence electrons. The van der Waals surface area contributed by atoms with Crippen LogP contribution in [0.3, 0.4) is 0 Å². The average Bonchev–Trinajstić information content (AvgIpc) is 3.20. The number of halogens is 2. The lowest BCUT2D eigenvalue weighted by Gasteiger charge is -2.12. The summed E-state index contributed by atoms with van der Waals surface area (Å²) in [4.78, 5) is 5.59. The second kappa shape index (κ2) is 6.83. The van der Waals surface area contributed by atoms with Crippen LogP contribution in [-0.4, -0.2) is 24.8 Å². The summed E-state index contributed by atoms with van der Waals surface area (Å²) in [6, 6.07) is 9.01. The van der Waals surface area contributed by atoms with Gasteiger partial charge in [0.05, 0.1) is 6.04 Å². The Balaban J connectivity index is 1.70. The molecule has 0 bridgehead atoms. The highest BCUT2D eigenvalue weighted by Gasteiger charge is 2.14. The smallest absolute Gasteiger partial charge is 0.185 e. The minimum Gasteiger partial charge on any atom is -0.360 e. The molecule has 3 heterocycles. The van der Waals surface area contributed by atoms with Gasteiger partial charge >= 0.3 is 0 Å². The average molecular weight is 405 g/mol. The third-order valence-electron chi connectivity index (χ3n) is 3.76. The summed E-state index contributed by atoms with van der Waals surface area (Å²) in [5.41, 5.74) is 1.39. The number of rotatable bonds is 4. The standard InChI is InChI=1S/C17H14Cl2N6S/c1-9-8-20-17(26-9)10(2)21-14-3-4-15-22-23-16(25(15)24-14)11-5-12(18)7-13(19)6-11/h3-8,10H,1-2H3,(H,21,24). The van der Waals surface area contributed by atoms with Crippen LogP contribution < -0.4 is 5.32 Å². The zero-order chi connectivity index (χ0) is 18.3. The van der Waals surface area contributed by atoms with Crippen molar-refractivity contribution in [2.45, 2.75) is 19.9 Å². The number of fused-ring (bicyclic) bond motifs is 1. The predicted octanol–water partition coefficient (Wildman–Crippen LogP) is 5.04. The lowest BCUT2D eigenvalue weighted by molar-refractivity contribution is 0.837. The summed E-state index contributed by atoms with van der Waals surface area (Å²) >= 11 is 13.9. The lowest BCUT2D eigenvalue weighted by atomic mass is 10.2. The fourth-order valence-electron chi connectivity index (χ4n) is 2.58. The molecule has 4 aromatic rings. The summed E-state index contributed by atoms with van der Waals surface area (Å²) in [5.74, 6) is 1.28. The summed E-state index contributed by atoms with van der Waals surface area (Å²) in [7, 11) is 0. The zero-order valence-electron chi connectivity index (χ0n) is 13.9. The number of hydrogen-bond donors (Lipinski definition) is 1. The van der Waals surface area contributed by atoms with Gasteiger partial charge in [-0.1, -0.05) is 23.2 Å². The highest BCUT2D eigenvalue weighted by Crippen LogP contribution is 2.27. The van der Waals surface area contributed by atoms with Crippen LogP contribution in [0.1, 0.15) is 22.9 Å². The van der Waals surface area contributed by atoms with Gasteiger partial charge in [-0.15, -0.1) is 26.6 Å². The van der Waals surface area contributed by atoms with E-state index in [1.165, 1.54) is 4.88 Å². The molecule has 0 aliphatic heterocycles. The van der Waals surface area contributed by atoms with Gasteiger partial charge in [-0.2, -0.15) is 4.52 Å². The largest absolute Gasteiger partial charge is 0.360 e. The summed E-state index contributed by atoms with van der Waals surface area (Å²) in [6.07, 6.45) is 1.87. The molecule has 0 aliphatic rings. The van der Waals surface area contributed by atoms with E-state index in [1.54, 1.807) is 34.1 Å². The summed E-state index contributed by atoms with van der Waals surface area (Å²) in [5, 5.41) is 18.4. The molecular formula is C17H14Cl2N6S. The second-order valence-corrected chi connectivity index (χ2v) is 7.98. The number of nitrogens with one attached hydrogen (secondary N) is 1. The first kappa shape index (κ1) is 17.2. The Bertz CT molecular complexity index is 1070. The normalized spacial score (nSPS) is 12.5. The van der Waals surface area contributed by atoms with E-state index >= 15 is 0 Å². The van der Waals surface area contributed by atoms with E-state index < -0.39 is 0 Å². The molecule has 4 rings (SSSR count). The van der Waals surface area contributed by atoms with Gasteiger partial charge in [-0.25, -0.2) is 4.98 Å². The van der Waals surface area contributed by atoms with Crippen molar-refractivity contribution in [1.29, 1.82) is 0 Å². The van der Waals surface area contributed by atoms with Crippen LogP contribution in [0, 0.1) is 6.92 Å². The maximum Gasteiger partial charge on any atom is 0.185 e. The molecule has 6 nitrogen and oxygen atoms in total. The maximum absolute atomic E-state index is 6.11. The van der Waals surface area contributed by atoms with Crippen molar-refractivity contribution in [1.82, 2.24) is 24.8 Å². The van der Waals surface area contributed by atoms with Crippen LogP contribution >= 0.6 is 34.5 Å². The van der Waals surface area contributed by atoms with Crippen molar-refractivity contribution in [2.24, 2.45) is 0 Å². The SMILES string of the molecule is Cc1cnc(C(C)Nc2ccc3nnc(-c4cc(Cl)cc(Cl)c4)n3n2)s1. The fourth-order valence-corrected chi connectivity index (χ4v) is 3.89. The van der Waals surface area contributed by atoms with Gasteiger partial charge < -0.3 is 5.32 Å². The molecule has 9 heteroatoms. The number of aromatic nitrogens is 5. The van der Waals surface area contributed by atoms with Gasteiger partial charge in [-0.3, -0.25) is 0 Å². The Hall–Kier alpha value is -2.22. The zero-order valence-corrected chi connectivity index (χ0v) is 16.3. The minimum absolute atomic E-state index is 0.0409. The van der Waals surface area contributed by atoms with E-state index in [2.05, 4.69) is 25.6 Å². The van der Waals surface area contributed by atoms with Crippen LogP contribution in [0.25, 0.3) is 17.0 Å². The van der Waals surface area contributed by atoms with E-state index in [-0.39, 0.29) is 6.04 Å². The Morgan fingerprint density at radius 1 is 1.12 bits per heavy atom. The van der Waals surface area contributed by atoms with E-state index in [4.69, 9.17) is 23.2 Å². The molecule has 1 atom stereocenters. The molecule has 26 heavy (non-hydrogen) atoms. The molecular weight excluding hydrogens is 391 g/mol. The lowest BCUT2D eigenvalue weighted by Crippen LogP contribution is -2.09. The third kappa shape index (κ3) is 3.38. The number of hydrogen-bond acceptors (Lipinski definition) is 6. The van der Waals surface area contributed by atoms with Gasteiger partial charge in [0.15, 0.2) is 11.5 Å².